The van der Waals surface area contributed by atoms with Crippen molar-refractivity contribution >= 4 is 0 Å². The van der Waals surface area contributed by atoms with Crippen molar-refractivity contribution in [1.82, 2.24) is 0 Å². The minimum absolute atomic E-state index is 0.0138. The van der Waals surface area contributed by atoms with Crippen molar-refractivity contribution < 1.29 is 9.47 Å². The minimum atomic E-state index is 0.0138. The standard InChI is InChI=1S/C15H26O2/c1-15(2)9-7-13(8-10-15)5-6-14-16-11-3-4-12-17-14/h5,14H,3-4,6-12H2,1-2H3/i14+1. The third-order valence-corrected chi connectivity index (χ3v) is 3.99. The van der Waals surface area contributed by atoms with Crippen LogP contribution in [0.2, 0.25) is 0 Å². The molecule has 0 atom stereocenters. The lowest BCUT2D eigenvalue weighted by atomic mass is 9.75. The summed E-state index contributed by atoms with van der Waals surface area (Å²) in [6, 6.07) is 0. The van der Waals surface area contributed by atoms with E-state index in [1.54, 1.807) is 5.57 Å². The monoisotopic (exact) mass is 239 g/mol. The molecule has 1 aliphatic carbocycles. The molecule has 98 valence electrons. The van der Waals surface area contributed by atoms with Crippen LogP contribution >= 0.6 is 0 Å². The molecular weight excluding hydrogens is 213 g/mol. The number of hydrogen-bond acceptors (Lipinski definition) is 2. The highest BCUT2D eigenvalue weighted by Crippen LogP contribution is 2.37. The molecule has 0 amide bonds. The summed E-state index contributed by atoms with van der Waals surface area (Å²) in [7, 11) is 0. The van der Waals surface area contributed by atoms with Gasteiger partial charge in [-0.15, -0.1) is 0 Å². The second kappa shape index (κ2) is 6.01. The lowest BCUT2D eigenvalue weighted by Crippen LogP contribution is -2.18. The molecule has 0 aromatic carbocycles. The molecule has 0 radical (unpaired) electrons. The Bertz CT molecular complexity index is 248. The zero-order valence-corrected chi connectivity index (χ0v) is 11.3. The van der Waals surface area contributed by atoms with Gasteiger partial charge in [-0.2, -0.15) is 0 Å². The van der Waals surface area contributed by atoms with Gasteiger partial charge in [0.15, 0.2) is 6.29 Å². The predicted molar refractivity (Wildman–Crippen MR) is 69.9 cm³/mol. The third-order valence-electron chi connectivity index (χ3n) is 3.99. The Morgan fingerprint density at radius 1 is 1.12 bits per heavy atom. The van der Waals surface area contributed by atoms with E-state index in [4.69, 9.17) is 9.47 Å². The Morgan fingerprint density at radius 3 is 2.29 bits per heavy atom. The molecular formula is C15H26O2. The third kappa shape index (κ3) is 4.44. The van der Waals surface area contributed by atoms with E-state index in [1.807, 2.05) is 0 Å². The fourth-order valence-electron chi connectivity index (χ4n) is 2.53. The highest BCUT2D eigenvalue weighted by molar-refractivity contribution is 5.07. The molecule has 2 fully saturated rings. The first-order valence-corrected chi connectivity index (χ1v) is 7.07. The minimum Gasteiger partial charge on any atom is -0.352 e. The SMILES string of the molecule is CC1(C)CCC(=CC[13CH]2OCCCCO2)CC1. The second-order valence-corrected chi connectivity index (χ2v) is 6.14. The lowest BCUT2D eigenvalue weighted by molar-refractivity contribution is -0.123. The van der Waals surface area contributed by atoms with Crippen molar-refractivity contribution in [1.29, 1.82) is 0 Å². The van der Waals surface area contributed by atoms with Gasteiger partial charge in [0.05, 0.1) is 0 Å². The van der Waals surface area contributed by atoms with E-state index in [0.717, 1.165) is 32.5 Å². The lowest BCUT2D eigenvalue weighted by Gasteiger charge is -2.31. The molecule has 1 saturated heterocycles. The highest BCUT2D eigenvalue weighted by atomic mass is 16.8. The molecule has 0 N–H and O–H groups in total. The van der Waals surface area contributed by atoms with Gasteiger partial charge in [-0.1, -0.05) is 25.5 Å². The summed E-state index contributed by atoms with van der Waals surface area (Å²) in [5, 5.41) is 0. The highest BCUT2D eigenvalue weighted by Gasteiger charge is 2.23. The molecule has 0 bridgehead atoms. The van der Waals surface area contributed by atoms with E-state index in [1.165, 1.54) is 25.7 Å². The largest absolute Gasteiger partial charge is 0.352 e. The average Bonchev–Trinajstić information content (AvgIpc) is 2.56. The van der Waals surface area contributed by atoms with E-state index in [2.05, 4.69) is 19.9 Å². The molecule has 2 nitrogen and oxygen atoms in total. The normalized spacial score (nSPS) is 26.6. The topological polar surface area (TPSA) is 18.5 Å². The molecule has 1 aliphatic heterocycles. The first-order valence-electron chi connectivity index (χ1n) is 7.07. The van der Waals surface area contributed by atoms with Gasteiger partial charge in [-0.05, 0) is 43.9 Å². The molecule has 2 rings (SSSR count). The number of rotatable bonds is 2. The van der Waals surface area contributed by atoms with E-state index in [-0.39, 0.29) is 6.29 Å². The van der Waals surface area contributed by atoms with Gasteiger partial charge < -0.3 is 9.47 Å². The van der Waals surface area contributed by atoms with Crippen LogP contribution in [0.25, 0.3) is 0 Å². The fraction of sp³-hybridized carbons (Fsp3) is 0.867. The van der Waals surface area contributed by atoms with Crippen LogP contribution in [-0.4, -0.2) is 19.5 Å². The van der Waals surface area contributed by atoms with Crippen LogP contribution in [0.1, 0.15) is 58.8 Å². The zero-order valence-electron chi connectivity index (χ0n) is 11.3. The van der Waals surface area contributed by atoms with E-state index < -0.39 is 0 Å². The molecule has 17 heavy (non-hydrogen) atoms. The van der Waals surface area contributed by atoms with E-state index >= 15 is 0 Å². The molecule has 0 spiro atoms. The Morgan fingerprint density at radius 2 is 1.71 bits per heavy atom. The summed E-state index contributed by atoms with van der Waals surface area (Å²) in [5.74, 6) is 0. The van der Waals surface area contributed by atoms with Crippen molar-refractivity contribution in [2.45, 2.75) is 65.1 Å². The van der Waals surface area contributed by atoms with Crippen molar-refractivity contribution in [2.75, 3.05) is 13.2 Å². The van der Waals surface area contributed by atoms with E-state index in [0.29, 0.717) is 5.41 Å². The van der Waals surface area contributed by atoms with Gasteiger partial charge in [-0.3, -0.25) is 0 Å². The summed E-state index contributed by atoms with van der Waals surface area (Å²) in [6.45, 7) is 6.48. The molecule has 0 unspecified atom stereocenters. The molecule has 1 heterocycles. The Kier molecular flexibility index (Phi) is 4.63. The van der Waals surface area contributed by atoms with Crippen LogP contribution in [0.3, 0.4) is 0 Å². The first-order chi connectivity index (χ1) is 8.16. The molecule has 0 aromatic heterocycles. The summed E-state index contributed by atoms with van der Waals surface area (Å²) in [6.07, 6.45) is 10.8. The van der Waals surface area contributed by atoms with E-state index in [9.17, 15) is 0 Å². The smallest absolute Gasteiger partial charge is 0.160 e. The van der Waals surface area contributed by atoms with Crippen LogP contribution in [-0.2, 0) is 9.47 Å². The summed E-state index contributed by atoms with van der Waals surface area (Å²) in [5.41, 5.74) is 2.16. The molecule has 1 saturated carbocycles. The second-order valence-electron chi connectivity index (χ2n) is 6.14. The van der Waals surface area contributed by atoms with Gasteiger partial charge in [0.2, 0.25) is 0 Å². The van der Waals surface area contributed by atoms with Crippen LogP contribution in [0.5, 0.6) is 0 Å². The number of ether oxygens (including phenoxy) is 2. The summed E-state index contributed by atoms with van der Waals surface area (Å²) >= 11 is 0. The predicted octanol–water partition coefficient (Wildman–Crippen LogP) is 4.06. The fourth-order valence-corrected chi connectivity index (χ4v) is 2.53. The summed E-state index contributed by atoms with van der Waals surface area (Å²) < 4.78 is 11.3. The van der Waals surface area contributed by atoms with Crippen LogP contribution < -0.4 is 0 Å². The van der Waals surface area contributed by atoms with Crippen LogP contribution in [0.4, 0.5) is 0 Å². The van der Waals surface area contributed by atoms with Crippen LogP contribution in [0, 0.1) is 5.41 Å². The van der Waals surface area contributed by atoms with Crippen molar-refractivity contribution in [3.63, 3.8) is 0 Å². The van der Waals surface area contributed by atoms with Crippen molar-refractivity contribution in [2.24, 2.45) is 5.41 Å². The first kappa shape index (κ1) is 13.1. The van der Waals surface area contributed by atoms with Gasteiger partial charge in [0.1, 0.15) is 0 Å². The Hall–Kier alpha value is -0.340. The Balaban J connectivity index is 1.76. The summed E-state index contributed by atoms with van der Waals surface area (Å²) in [4.78, 5) is 0. The van der Waals surface area contributed by atoms with Gasteiger partial charge in [0.25, 0.3) is 0 Å². The Labute approximate surface area is 105 Å². The van der Waals surface area contributed by atoms with Crippen molar-refractivity contribution in [3.05, 3.63) is 11.6 Å². The molecule has 2 aliphatic rings. The van der Waals surface area contributed by atoms with Crippen molar-refractivity contribution in [3.8, 4) is 0 Å². The van der Waals surface area contributed by atoms with Gasteiger partial charge >= 0.3 is 0 Å². The van der Waals surface area contributed by atoms with Gasteiger partial charge in [-0.25, -0.2) is 0 Å². The maximum absolute atomic E-state index is 5.67. The number of hydrogen-bond donors (Lipinski definition) is 0. The molecule has 0 aromatic rings. The maximum atomic E-state index is 5.67. The number of allylic oxidation sites excluding steroid dienone is 1. The quantitative estimate of drug-likeness (QED) is 0.534. The maximum Gasteiger partial charge on any atom is 0.160 e. The van der Waals surface area contributed by atoms with Crippen LogP contribution in [0.15, 0.2) is 11.6 Å². The van der Waals surface area contributed by atoms with Gasteiger partial charge in [0, 0.05) is 19.6 Å². The average molecular weight is 239 g/mol. The molecule has 2 heteroatoms. The zero-order chi connectivity index (χ0) is 12.1.